The minimum Gasteiger partial charge on any atom is -0.339 e. The smallest absolute Gasteiger partial charge is 0.239 e. The van der Waals surface area contributed by atoms with E-state index in [-0.39, 0.29) is 17.9 Å². The number of carbonyl (C=O) groups is 2. The van der Waals surface area contributed by atoms with Gasteiger partial charge in [-0.25, -0.2) is 0 Å². The van der Waals surface area contributed by atoms with Gasteiger partial charge in [0.25, 0.3) is 0 Å². The molecule has 3 rings (SSSR count). The van der Waals surface area contributed by atoms with Crippen LogP contribution >= 0.6 is 0 Å². The van der Waals surface area contributed by atoms with E-state index in [4.69, 9.17) is 0 Å². The monoisotopic (exact) mass is 364 g/mol. The molecule has 0 aromatic rings. The molecule has 6 heteroatoms. The standard InChI is InChI=1S/C20H36N4O2/c1-18(22-11-6-3-7-12-22)20(26)24-16-14-23(15-17-24)19(25)8-13-21-9-4-2-5-10-21/h18H,2-17H2,1H3. The highest BCUT2D eigenvalue weighted by atomic mass is 16.2. The number of rotatable bonds is 5. The van der Waals surface area contributed by atoms with Crippen LogP contribution in [0.5, 0.6) is 0 Å². The highest BCUT2D eigenvalue weighted by Gasteiger charge is 2.30. The predicted octanol–water partition coefficient (Wildman–Crippen LogP) is 1.41. The van der Waals surface area contributed by atoms with E-state index >= 15 is 0 Å². The zero-order valence-electron chi connectivity index (χ0n) is 16.5. The van der Waals surface area contributed by atoms with Crippen molar-refractivity contribution < 1.29 is 9.59 Å². The zero-order valence-corrected chi connectivity index (χ0v) is 16.5. The number of hydrogen-bond donors (Lipinski definition) is 0. The Bertz CT molecular complexity index is 464. The van der Waals surface area contributed by atoms with Crippen LogP contribution in [0, 0.1) is 0 Å². The van der Waals surface area contributed by atoms with Crippen LogP contribution in [-0.4, -0.2) is 96.4 Å². The topological polar surface area (TPSA) is 47.1 Å². The molecule has 1 atom stereocenters. The number of carbonyl (C=O) groups excluding carboxylic acids is 2. The van der Waals surface area contributed by atoms with Crippen LogP contribution < -0.4 is 0 Å². The fourth-order valence-electron chi connectivity index (χ4n) is 4.50. The van der Waals surface area contributed by atoms with Gasteiger partial charge in [0, 0.05) is 39.1 Å². The number of nitrogens with zero attached hydrogens (tertiary/aromatic N) is 4. The fourth-order valence-corrected chi connectivity index (χ4v) is 4.50. The number of hydrogen-bond acceptors (Lipinski definition) is 4. The molecule has 0 N–H and O–H groups in total. The highest BCUT2D eigenvalue weighted by molar-refractivity contribution is 5.82. The number of piperazine rings is 1. The molecule has 0 aromatic carbocycles. The molecule has 3 aliphatic heterocycles. The van der Waals surface area contributed by atoms with Crippen LogP contribution in [0.2, 0.25) is 0 Å². The van der Waals surface area contributed by atoms with Crippen molar-refractivity contribution in [2.24, 2.45) is 0 Å². The molecule has 0 bridgehead atoms. The summed E-state index contributed by atoms with van der Waals surface area (Å²) in [5, 5.41) is 0. The maximum absolute atomic E-state index is 12.8. The van der Waals surface area contributed by atoms with E-state index in [9.17, 15) is 9.59 Å². The van der Waals surface area contributed by atoms with E-state index in [2.05, 4.69) is 9.80 Å². The van der Waals surface area contributed by atoms with Crippen molar-refractivity contribution in [1.29, 1.82) is 0 Å². The molecule has 0 aliphatic carbocycles. The summed E-state index contributed by atoms with van der Waals surface area (Å²) in [6, 6.07) is -0.0170. The molecule has 3 saturated heterocycles. The molecular formula is C20H36N4O2. The van der Waals surface area contributed by atoms with Gasteiger partial charge in [-0.3, -0.25) is 14.5 Å². The van der Waals surface area contributed by atoms with Gasteiger partial charge in [0.1, 0.15) is 0 Å². The summed E-state index contributed by atoms with van der Waals surface area (Å²) in [4.78, 5) is 33.9. The third-order valence-electron chi connectivity index (χ3n) is 6.33. The van der Waals surface area contributed by atoms with E-state index < -0.39 is 0 Å². The van der Waals surface area contributed by atoms with Gasteiger partial charge < -0.3 is 14.7 Å². The first-order valence-corrected chi connectivity index (χ1v) is 10.7. The second-order valence-corrected chi connectivity index (χ2v) is 8.13. The quantitative estimate of drug-likeness (QED) is 0.740. The third-order valence-corrected chi connectivity index (χ3v) is 6.33. The first kappa shape index (κ1) is 19.6. The molecule has 0 radical (unpaired) electrons. The van der Waals surface area contributed by atoms with Crippen molar-refractivity contribution in [1.82, 2.24) is 19.6 Å². The third kappa shape index (κ3) is 5.19. The molecule has 0 saturated carbocycles. The molecule has 3 fully saturated rings. The zero-order chi connectivity index (χ0) is 18.4. The van der Waals surface area contributed by atoms with Gasteiger partial charge in [0.2, 0.25) is 11.8 Å². The Morgan fingerprint density at radius 3 is 1.88 bits per heavy atom. The van der Waals surface area contributed by atoms with Crippen molar-refractivity contribution in [2.45, 2.75) is 57.9 Å². The molecule has 1 unspecified atom stereocenters. The second-order valence-electron chi connectivity index (χ2n) is 8.13. The van der Waals surface area contributed by atoms with E-state index in [1.54, 1.807) is 0 Å². The van der Waals surface area contributed by atoms with Crippen molar-refractivity contribution in [3.8, 4) is 0 Å². The first-order chi connectivity index (χ1) is 12.6. The minimum atomic E-state index is -0.0170. The van der Waals surface area contributed by atoms with Crippen LogP contribution in [0.15, 0.2) is 0 Å². The average Bonchev–Trinajstić information content (AvgIpc) is 2.72. The average molecular weight is 365 g/mol. The molecular weight excluding hydrogens is 328 g/mol. The summed E-state index contributed by atoms with van der Waals surface area (Å²) in [6.07, 6.45) is 8.19. The lowest BCUT2D eigenvalue weighted by Crippen LogP contribution is -2.55. The van der Waals surface area contributed by atoms with Crippen LogP contribution in [0.4, 0.5) is 0 Å². The van der Waals surface area contributed by atoms with Gasteiger partial charge >= 0.3 is 0 Å². The largest absolute Gasteiger partial charge is 0.339 e. The van der Waals surface area contributed by atoms with E-state index in [0.29, 0.717) is 32.6 Å². The summed E-state index contributed by atoms with van der Waals surface area (Å²) in [7, 11) is 0. The summed E-state index contributed by atoms with van der Waals surface area (Å²) < 4.78 is 0. The Balaban J connectivity index is 1.38. The van der Waals surface area contributed by atoms with Crippen molar-refractivity contribution in [3.05, 3.63) is 0 Å². The molecule has 2 amide bonds. The van der Waals surface area contributed by atoms with Gasteiger partial charge in [-0.2, -0.15) is 0 Å². The lowest BCUT2D eigenvalue weighted by molar-refractivity contribution is -0.143. The molecule has 0 spiro atoms. The molecule has 3 aliphatic rings. The Morgan fingerprint density at radius 2 is 1.27 bits per heavy atom. The lowest BCUT2D eigenvalue weighted by Gasteiger charge is -2.39. The van der Waals surface area contributed by atoms with Crippen LogP contribution in [0.1, 0.15) is 51.9 Å². The van der Waals surface area contributed by atoms with Crippen molar-refractivity contribution in [3.63, 3.8) is 0 Å². The molecule has 6 nitrogen and oxygen atoms in total. The molecule has 3 heterocycles. The maximum Gasteiger partial charge on any atom is 0.239 e. The summed E-state index contributed by atoms with van der Waals surface area (Å²) >= 11 is 0. The van der Waals surface area contributed by atoms with Crippen LogP contribution in [-0.2, 0) is 9.59 Å². The van der Waals surface area contributed by atoms with Gasteiger partial charge in [0.15, 0.2) is 0 Å². The predicted molar refractivity (Wildman–Crippen MR) is 103 cm³/mol. The minimum absolute atomic E-state index is 0.0170. The fraction of sp³-hybridized carbons (Fsp3) is 0.900. The maximum atomic E-state index is 12.8. The normalized spacial score (nSPS) is 24.5. The Kier molecular flexibility index (Phi) is 7.32. The number of piperidine rings is 2. The highest BCUT2D eigenvalue weighted by Crippen LogP contribution is 2.15. The number of likely N-dealkylation sites (tertiary alicyclic amines) is 2. The number of amides is 2. The van der Waals surface area contributed by atoms with Crippen LogP contribution in [0.25, 0.3) is 0 Å². The van der Waals surface area contributed by atoms with Gasteiger partial charge in [0.05, 0.1) is 6.04 Å². The van der Waals surface area contributed by atoms with E-state index in [0.717, 1.165) is 32.7 Å². The van der Waals surface area contributed by atoms with Crippen LogP contribution in [0.3, 0.4) is 0 Å². The lowest BCUT2D eigenvalue weighted by atomic mass is 10.1. The van der Waals surface area contributed by atoms with Gasteiger partial charge in [-0.1, -0.05) is 12.8 Å². The SMILES string of the molecule is CC(C(=O)N1CCN(C(=O)CCN2CCCCC2)CC1)N1CCCCC1. The molecule has 148 valence electrons. The van der Waals surface area contributed by atoms with Gasteiger partial charge in [-0.05, 0) is 58.8 Å². The summed E-state index contributed by atoms with van der Waals surface area (Å²) in [5.41, 5.74) is 0. The van der Waals surface area contributed by atoms with Crippen molar-refractivity contribution in [2.75, 3.05) is 58.9 Å². The van der Waals surface area contributed by atoms with E-state index in [1.165, 1.54) is 38.5 Å². The summed E-state index contributed by atoms with van der Waals surface area (Å²) in [6.45, 7) is 10.1. The van der Waals surface area contributed by atoms with E-state index in [1.807, 2.05) is 16.7 Å². The Labute approximate surface area is 158 Å². The Morgan fingerprint density at radius 1 is 0.731 bits per heavy atom. The second kappa shape index (κ2) is 9.70. The van der Waals surface area contributed by atoms with Gasteiger partial charge in [-0.15, -0.1) is 0 Å². The van der Waals surface area contributed by atoms with Crippen molar-refractivity contribution >= 4 is 11.8 Å². The first-order valence-electron chi connectivity index (χ1n) is 10.7. The Hall–Kier alpha value is -1.14. The summed E-state index contributed by atoms with van der Waals surface area (Å²) in [5.74, 6) is 0.499. The molecule has 0 aromatic heterocycles. The molecule has 26 heavy (non-hydrogen) atoms.